The van der Waals surface area contributed by atoms with Crippen molar-refractivity contribution >= 4 is 11.6 Å². The van der Waals surface area contributed by atoms with Gasteiger partial charge in [0.15, 0.2) is 11.6 Å². The predicted octanol–water partition coefficient (Wildman–Crippen LogP) is 3.28. The lowest BCUT2D eigenvalue weighted by Gasteiger charge is -2.25. The van der Waals surface area contributed by atoms with Crippen molar-refractivity contribution in [3.05, 3.63) is 34.4 Å². The average Bonchev–Trinajstić information content (AvgIpc) is 2.11. The molecule has 0 atom stereocenters. The third kappa shape index (κ3) is 2.67. The van der Waals surface area contributed by atoms with Crippen molar-refractivity contribution in [1.29, 1.82) is 0 Å². The Balaban J connectivity index is 3.19. The molecule has 0 spiro atoms. The molecule has 0 heterocycles. The molecule has 0 aliphatic heterocycles. The molecule has 1 aromatic carbocycles. The standard InChI is InChI=1S/C11H13ClF2O/c1-11(2,3-4-15)7-5-9(13)10(14)6-8(7)12/h5-6,15H,3-4H2,1-2H3. The molecule has 0 unspecified atom stereocenters. The van der Waals surface area contributed by atoms with E-state index in [4.69, 9.17) is 16.7 Å². The van der Waals surface area contributed by atoms with Gasteiger partial charge in [0.1, 0.15) is 0 Å². The molecule has 4 heteroatoms. The van der Waals surface area contributed by atoms with Gasteiger partial charge in [-0.15, -0.1) is 0 Å². The van der Waals surface area contributed by atoms with Gasteiger partial charge in [-0.25, -0.2) is 8.78 Å². The van der Waals surface area contributed by atoms with Gasteiger partial charge in [-0.1, -0.05) is 25.4 Å². The van der Waals surface area contributed by atoms with Crippen LogP contribution in [0.4, 0.5) is 8.78 Å². The van der Waals surface area contributed by atoms with E-state index in [2.05, 4.69) is 0 Å². The summed E-state index contributed by atoms with van der Waals surface area (Å²) >= 11 is 5.83. The van der Waals surface area contributed by atoms with Crippen molar-refractivity contribution in [2.24, 2.45) is 0 Å². The van der Waals surface area contributed by atoms with Crippen molar-refractivity contribution < 1.29 is 13.9 Å². The first-order chi connectivity index (χ1) is 6.88. The second-order valence-corrected chi connectivity index (χ2v) is 4.51. The van der Waals surface area contributed by atoms with Crippen LogP contribution in [0.3, 0.4) is 0 Å². The molecule has 0 fully saturated rings. The van der Waals surface area contributed by atoms with E-state index in [0.717, 1.165) is 12.1 Å². The minimum Gasteiger partial charge on any atom is -0.396 e. The van der Waals surface area contributed by atoms with Gasteiger partial charge < -0.3 is 5.11 Å². The smallest absolute Gasteiger partial charge is 0.160 e. The predicted molar refractivity (Wildman–Crippen MR) is 56.1 cm³/mol. The molecule has 0 bridgehead atoms. The van der Waals surface area contributed by atoms with E-state index >= 15 is 0 Å². The zero-order chi connectivity index (χ0) is 11.6. The Morgan fingerprint density at radius 2 is 1.80 bits per heavy atom. The first-order valence-corrected chi connectivity index (χ1v) is 5.02. The quantitative estimate of drug-likeness (QED) is 0.796. The van der Waals surface area contributed by atoms with Gasteiger partial charge in [-0.2, -0.15) is 0 Å². The van der Waals surface area contributed by atoms with E-state index in [1.54, 1.807) is 0 Å². The molecular weight excluding hydrogens is 222 g/mol. The maximum Gasteiger partial charge on any atom is 0.160 e. The molecule has 1 aromatic rings. The molecule has 0 radical (unpaired) electrons. The van der Waals surface area contributed by atoms with E-state index in [-0.39, 0.29) is 11.6 Å². The van der Waals surface area contributed by atoms with E-state index < -0.39 is 17.0 Å². The lowest BCUT2D eigenvalue weighted by Crippen LogP contribution is -2.20. The van der Waals surface area contributed by atoms with Crippen LogP contribution in [0.5, 0.6) is 0 Å². The summed E-state index contributed by atoms with van der Waals surface area (Å²) in [7, 11) is 0. The van der Waals surface area contributed by atoms with E-state index in [0.29, 0.717) is 12.0 Å². The summed E-state index contributed by atoms with van der Waals surface area (Å²) in [5.74, 6) is -1.87. The van der Waals surface area contributed by atoms with E-state index in [9.17, 15) is 8.78 Å². The molecule has 0 aromatic heterocycles. The fourth-order valence-electron chi connectivity index (χ4n) is 1.46. The van der Waals surface area contributed by atoms with Crippen molar-refractivity contribution in [2.45, 2.75) is 25.7 Å². The van der Waals surface area contributed by atoms with Crippen LogP contribution >= 0.6 is 11.6 Å². The summed E-state index contributed by atoms with van der Waals surface area (Å²) in [6.45, 7) is 3.62. The van der Waals surface area contributed by atoms with Crippen LogP contribution < -0.4 is 0 Å². The van der Waals surface area contributed by atoms with Crippen LogP contribution in [0.15, 0.2) is 12.1 Å². The molecule has 1 nitrogen and oxygen atoms in total. The fourth-order valence-corrected chi connectivity index (χ4v) is 1.86. The third-order valence-electron chi connectivity index (χ3n) is 2.48. The molecule has 0 aliphatic rings. The number of hydrogen-bond acceptors (Lipinski definition) is 1. The molecule has 0 saturated heterocycles. The van der Waals surface area contributed by atoms with Gasteiger partial charge in [-0.3, -0.25) is 0 Å². The summed E-state index contributed by atoms with van der Waals surface area (Å²) in [4.78, 5) is 0. The minimum absolute atomic E-state index is 0.0255. The maximum atomic E-state index is 13.0. The van der Waals surface area contributed by atoms with Crippen molar-refractivity contribution in [1.82, 2.24) is 0 Å². The molecule has 84 valence electrons. The van der Waals surface area contributed by atoms with Gasteiger partial charge in [0.25, 0.3) is 0 Å². The number of rotatable bonds is 3. The molecule has 15 heavy (non-hydrogen) atoms. The maximum absolute atomic E-state index is 13.0. The average molecular weight is 235 g/mol. The third-order valence-corrected chi connectivity index (χ3v) is 2.79. The lowest BCUT2D eigenvalue weighted by molar-refractivity contribution is 0.252. The molecule has 0 aliphatic carbocycles. The summed E-state index contributed by atoms with van der Waals surface area (Å²) < 4.78 is 25.9. The highest BCUT2D eigenvalue weighted by atomic mass is 35.5. The largest absolute Gasteiger partial charge is 0.396 e. The van der Waals surface area contributed by atoms with Crippen LogP contribution in [0.25, 0.3) is 0 Å². The highest BCUT2D eigenvalue weighted by molar-refractivity contribution is 6.31. The zero-order valence-corrected chi connectivity index (χ0v) is 9.41. The Labute approximate surface area is 92.7 Å². The number of hydrogen-bond donors (Lipinski definition) is 1. The lowest BCUT2D eigenvalue weighted by atomic mass is 9.82. The SMILES string of the molecule is CC(C)(CCO)c1cc(F)c(F)cc1Cl. The van der Waals surface area contributed by atoms with Crippen LogP contribution in [0.1, 0.15) is 25.8 Å². The first-order valence-electron chi connectivity index (χ1n) is 4.64. The Morgan fingerprint density at radius 1 is 1.27 bits per heavy atom. The second-order valence-electron chi connectivity index (χ2n) is 4.10. The summed E-state index contributed by atoms with van der Waals surface area (Å²) in [5.41, 5.74) is 0.0394. The Bertz CT molecular complexity index is 364. The Hall–Kier alpha value is -0.670. The number of halogens is 3. The van der Waals surface area contributed by atoms with Gasteiger partial charge in [0, 0.05) is 11.6 Å². The number of aliphatic hydroxyl groups is 1. The second kappa shape index (κ2) is 4.45. The molecule has 1 rings (SSSR count). The topological polar surface area (TPSA) is 20.2 Å². The molecule has 0 amide bonds. The highest BCUT2D eigenvalue weighted by Gasteiger charge is 2.24. The summed E-state index contributed by atoms with van der Waals surface area (Å²) in [6, 6.07) is 2.05. The van der Waals surface area contributed by atoms with Crippen LogP contribution in [-0.2, 0) is 5.41 Å². The molecule has 0 saturated carbocycles. The Kier molecular flexibility index (Phi) is 3.68. The van der Waals surface area contributed by atoms with E-state index in [1.165, 1.54) is 0 Å². The van der Waals surface area contributed by atoms with Gasteiger partial charge >= 0.3 is 0 Å². The highest BCUT2D eigenvalue weighted by Crippen LogP contribution is 2.33. The van der Waals surface area contributed by atoms with Crippen LogP contribution in [0, 0.1) is 11.6 Å². The summed E-state index contributed by atoms with van der Waals surface area (Å²) in [6.07, 6.45) is 0.442. The van der Waals surface area contributed by atoms with Crippen LogP contribution in [-0.4, -0.2) is 11.7 Å². The van der Waals surface area contributed by atoms with Gasteiger partial charge in [-0.05, 0) is 29.5 Å². The Morgan fingerprint density at radius 3 is 2.33 bits per heavy atom. The number of benzene rings is 1. The number of aliphatic hydroxyl groups excluding tert-OH is 1. The van der Waals surface area contributed by atoms with Gasteiger partial charge in [0.05, 0.1) is 0 Å². The van der Waals surface area contributed by atoms with E-state index in [1.807, 2.05) is 13.8 Å². The monoisotopic (exact) mass is 234 g/mol. The fraction of sp³-hybridized carbons (Fsp3) is 0.455. The normalized spacial score (nSPS) is 11.9. The van der Waals surface area contributed by atoms with Crippen molar-refractivity contribution in [3.63, 3.8) is 0 Å². The summed E-state index contributed by atoms with van der Waals surface area (Å²) in [5, 5.41) is 9.05. The molecular formula is C11H13ClF2O. The van der Waals surface area contributed by atoms with Gasteiger partial charge in [0.2, 0.25) is 0 Å². The molecule has 1 N–H and O–H groups in total. The first kappa shape index (κ1) is 12.4. The van der Waals surface area contributed by atoms with Crippen molar-refractivity contribution in [3.8, 4) is 0 Å². The van der Waals surface area contributed by atoms with Crippen LogP contribution in [0.2, 0.25) is 5.02 Å². The zero-order valence-electron chi connectivity index (χ0n) is 8.65. The minimum atomic E-state index is -0.955. The van der Waals surface area contributed by atoms with Crippen molar-refractivity contribution in [2.75, 3.05) is 6.61 Å².